The van der Waals surface area contributed by atoms with Crippen molar-refractivity contribution in [2.75, 3.05) is 19.1 Å². The SMILES string of the molecule is CO[C@H]1CC[C@@H](N(C)c2cc(C(C)(C)C)ncn2)CC1. The van der Waals surface area contributed by atoms with E-state index in [1.54, 1.807) is 6.33 Å². The van der Waals surface area contributed by atoms with E-state index < -0.39 is 0 Å². The van der Waals surface area contributed by atoms with E-state index in [0.29, 0.717) is 12.1 Å². The molecule has 0 radical (unpaired) electrons. The zero-order chi connectivity index (χ0) is 14.8. The van der Waals surface area contributed by atoms with Gasteiger partial charge in [0.15, 0.2) is 0 Å². The summed E-state index contributed by atoms with van der Waals surface area (Å²) in [5.74, 6) is 1.03. The summed E-state index contributed by atoms with van der Waals surface area (Å²) in [7, 11) is 3.96. The van der Waals surface area contributed by atoms with Gasteiger partial charge in [0.2, 0.25) is 0 Å². The molecule has 1 heterocycles. The van der Waals surface area contributed by atoms with Gasteiger partial charge in [-0.25, -0.2) is 9.97 Å². The zero-order valence-electron chi connectivity index (χ0n) is 13.4. The molecule has 0 saturated heterocycles. The Bertz CT molecular complexity index is 434. The van der Waals surface area contributed by atoms with E-state index in [2.05, 4.69) is 48.8 Å². The average Bonchev–Trinajstić information content (AvgIpc) is 2.46. The minimum Gasteiger partial charge on any atom is -0.381 e. The molecule has 0 bridgehead atoms. The highest BCUT2D eigenvalue weighted by Gasteiger charge is 2.25. The third-order valence-corrected chi connectivity index (χ3v) is 4.31. The number of hydrogen-bond acceptors (Lipinski definition) is 4. The van der Waals surface area contributed by atoms with Crippen LogP contribution in [0.25, 0.3) is 0 Å². The number of rotatable bonds is 3. The van der Waals surface area contributed by atoms with Gasteiger partial charge in [-0.2, -0.15) is 0 Å². The minimum atomic E-state index is 0.0617. The third-order valence-electron chi connectivity index (χ3n) is 4.31. The predicted octanol–water partition coefficient (Wildman–Crippen LogP) is 3.17. The fourth-order valence-electron chi connectivity index (χ4n) is 2.81. The Labute approximate surface area is 122 Å². The first-order valence-electron chi connectivity index (χ1n) is 7.50. The maximum Gasteiger partial charge on any atom is 0.132 e. The number of ether oxygens (including phenoxy) is 1. The van der Waals surface area contributed by atoms with Crippen molar-refractivity contribution in [1.29, 1.82) is 0 Å². The number of hydrogen-bond donors (Lipinski definition) is 0. The molecule has 4 nitrogen and oxygen atoms in total. The molecule has 1 aliphatic carbocycles. The Kier molecular flexibility index (Phi) is 4.63. The maximum absolute atomic E-state index is 5.44. The van der Waals surface area contributed by atoms with Crippen LogP contribution in [0.4, 0.5) is 5.82 Å². The first-order chi connectivity index (χ1) is 9.41. The Hall–Kier alpha value is -1.16. The van der Waals surface area contributed by atoms with Crippen molar-refractivity contribution in [3.8, 4) is 0 Å². The summed E-state index contributed by atoms with van der Waals surface area (Å²) in [5, 5.41) is 0. The number of anilines is 1. The number of aromatic nitrogens is 2. The van der Waals surface area contributed by atoms with Crippen LogP contribution in [0.15, 0.2) is 12.4 Å². The first-order valence-corrected chi connectivity index (χ1v) is 7.50. The molecular weight excluding hydrogens is 250 g/mol. The van der Waals surface area contributed by atoms with Gasteiger partial charge >= 0.3 is 0 Å². The zero-order valence-corrected chi connectivity index (χ0v) is 13.4. The molecule has 20 heavy (non-hydrogen) atoms. The summed E-state index contributed by atoms with van der Waals surface area (Å²) in [6, 6.07) is 2.69. The van der Waals surface area contributed by atoms with E-state index in [4.69, 9.17) is 4.74 Å². The predicted molar refractivity (Wildman–Crippen MR) is 82.2 cm³/mol. The maximum atomic E-state index is 5.44. The lowest BCUT2D eigenvalue weighted by atomic mass is 9.91. The smallest absolute Gasteiger partial charge is 0.132 e. The summed E-state index contributed by atoms with van der Waals surface area (Å²) in [6.07, 6.45) is 6.75. The molecule has 0 atom stereocenters. The Morgan fingerprint density at radius 3 is 2.35 bits per heavy atom. The van der Waals surface area contributed by atoms with Crippen LogP contribution < -0.4 is 4.90 Å². The van der Waals surface area contributed by atoms with E-state index in [0.717, 1.165) is 24.4 Å². The molecule has 1 aromatic rings. The molecule has 1 fully saturated rings. The molecule has 1 aliphatic rings. The van der Waals surface area contributed by atoms with E-state index in [-0.39, 0.29) is 5.41 Å². The van der Waals surface area contributed by atoms with Crippen LogP contribution in [0.2, 0.25) is 0 Å². The highest BCUT2D eigenvalue weighted by Crippen LogP contribution is 2.28. The van der Waals surface area contributed by atoms with E-state index in [1.807, 2.05) is 7.11 Å². The quantitative estimate of drug-likeness (QED) is 0.850. The normalized spacial score (nSPS) is 23.6. The van der Waals surface area contributed by atoms with Crippen LogP contribution in [0, 0.1) is 0 Å². The Morgan fingerprint density at radius 1 is 1.15 bits per heavy atom. The molecular formula is C16H27N3O. The van der Waals surface area contributed by atoms with Gasteiger partial charge in [0.25, 0.3) is 0 Å². The van der Waals surface area contributed by atoms with Gasteiger partial charge in [0, 0.05) is 31.7 Å². The molecule has 0 aromatic carbocycles. The van der Waals surface area contributed by atoms with Gasteiger partial charge in [0.05, 0.1) is 11.8 Å². The van der Waals surface area contributed by atoms with Crippen LogP contribution in [0.3, 0.4) is 0 Å². The average molecular weight is 277 g/mol. The number of nitrogens with zero attached hydrogens (tertiary/aromatic N) is 3. The standard InChI is InChI=1S/C16H27N3O/c1-16(2,3)14-10-15(18-11-17-14)19(4)12-6-8-13(20-5)9-7-12/h10-13H,6-9H2,1-5H3/t12-,13+. The van der Waals surface area contributed by atoms with Crippen molar-refractivity contribution in [1.82, 2.24) is 9.97 Å². The second kappa shape index (κ2) is 6.08. The molecule has 0 amide bonds. The lowest BCUT2D eigenvalue weighted by Crippen LogP contribution is -2.37. The van der Waals surface area contributed by atoms with Gasteiger partial charge in [-0.1, -0.05) is 20.8 Å². The monoisotopic (exact) mass is 277 g/mol. The van der Waals surface area contributed by atoms with Crippen molar-refractivity contribution in [2.24, 2.45) is 0 Å². The molecule has 0 unspecified atom stereocenters. The first kappa shape index (κ1) is 15.2. The minimum absolute atomic E-state index is 0.0617. The lowest BCUT2D eigenvalue weighted by Gasteiger charge is -2.35. The fraction of sp³-hybridized carbons (Fsp3) is 0.750. The van der Waals surface area contributed by atoms with Crippen LogP contribution in [-0.4, -0.2) is 36.3 Å². The second-order valence-corrected chi connectivity index (χ2v) is 6.79. The van der Waals surface area contributed by atoms with Crippen LogP contribution in [-0.2, 0) is 10.2 Å². The van der Waals surface area contributed by atoms with Gasteiger partial charge in [-0.3, -0.25) is 0 Å². The van der Waals surface area contributed by atoms with Gasteiger partial charge in [-0.05, 0) is 25.7 Å². The largest absolute Gasteiger partial charge is 0.381 e. The van der Waals surface area contributed by atoms with Crippen molar-refractivity contribution in [2.45, 2.75) is 64.0 Å². The van der Waals surface area contributed by atoms with Crippen LogP contribution in [0.1, 0.15) is 52.1 Å². The summed E-state index contributed by atoms with van der Waals surface area (Å²) < 4.78 is 5.44. The third kappa shape index (κ3) is 3.48. The molecule has 0 N–H and O–H groups in total. The summed E-state index contributed by atoms with van der Waals surface area (Å²) in [5.41, 5.74) is 1.16. The highest BCUT2D eigenvalue weighted by atomic mass is 16.5. The van der Waals surface area contributed by atoms with Crippen LogP contribution in [0.5, 0.6) is 0 Å². The van der Waals surface area contributed by atoms with E-state index >= 15 is 0 Å². The molecule has 0 aliphatic heterocycles. The van der Waals surface area contributed by atoms with Gasteiger partial charge in [0.1, 0.15) is 12.1 Å². The molecule has 0 spiro atoms. The molecule has 4 heteroatoms. The van der Waals surface area contributed by atoms with Crippen molar-refractivity contribution < 1.29 is 4.74 Å². The molecule has 2 rings (SSSR count). The molecule has 1 saturated carbocycles. The summed E-state index contributed by atoms with van der Waals surface area (Å²) in [4.78, 5) is 11.2. The highest BCUT2D eigenvalue weighted by molar-refractivity contribution is 5.40. The molecule has 1 aromatic heterocycles. The topological polar surface area (TPSA) is 38.2 Å². The fourth-order valence-corrected chi connectivity index (χ4v) is 2.81. The van der Waals surface area contributed by atoms with Crippen molar-refractivity contribution in [3.05, 3.63) is 18.1 Å². The van der Waals surface area contributed by atoms with E-state index in [9.17, 15) is 0 Å². The lowest BCUT2D eigenvalue weighted by molar-refractivity contribution is 0.0659. The number of methoxy groups -OCH3 is 1. The second-order valence-electron chi connectivity index (χ2n) is 6.79. The Balaban J connectivity index is 2.08. The Morgan fingerprint density at radius 2 is 1.80 bits per heavy atom. The van der Waals surface area contributed by atoms with Gasteiger partial charge < -0.3 is 9.64 Å². The summed E-state index contributed by atoms with van der Waals surface area (Å²) in [6.45, 7) is 6.55. The summed E-state index contributed by atoms with van der Waals surface area (Å²) >= 11 is 0. The van der Waals surface area contributed by atoms with E-state index in [1.165, 1.54) is 12.8 Å². The molecule has 112 valence electrons. The van der Waals surface area contributed by atoms with Crippen molar-refractivity contribution in [3.63, 3.8) is 0 Å². The van der Waals surface area contributed by atoms with Crippen molar-refractivity contribution >= 4 is 5.82 Å². The van der Waals surface area contributed by atoms with Gasteiger partial charge in [-0.15, -0.1) is 0 Å². The van der Waals surface area contributed by atoms with Crippen LogP contribution >= 0.6 is 0 Å².